The molecule has 42 heavy (non-hydrogen) atoms. The Kier molecular flexibility index (Phi) is 16.6. The largest absolute Gasteiger partial charge is 0.478 e. The van der Waals surface area contributed by atoms with Crippen LogP contribution in [-0.4, -0.2) is 22.8 Å². The van der Waals surface area contributed by atoms with Gasteiger partial charge in [0.2, 0.25) is 0 Å². The van der Waals surface area contributed by atoms with Crippen LogP contribution in [0.15, 0.2) is 78.9 Å². The molecule has 0 bridgehead atoms. The van der Waals surface area contributed by atoms with Crippen molar-refractivity contribution < 1.29 is 24.2 Å². The van der Waals surface area contributed by atoms with Crippen molar-refractivity contribution >= 4 is 17.7 Å². The summed E-state index contributed by atoms with van der Waals surface area (Å²) < 4.78 is 5.39. The average Bonchev–Trinajstić information content (AvgIpc) is 3.01. The van der Waals surface area contributed by atoms with Gasteiger partial charge in [0.05, 0.1) is 5.56 Å². The molecule has 0 aliphatic carbocycles. The highest BCUT2D eigenvalue weighted by atomic mass is 16.5. The number of hydrogen-bond acceptors (Lipinski definition) is 4. The van der Waals surface area contributed by atoms with Gasteiger partial charge in [0.15, 0.2) is 5.78 Å². The fourth-order valence-corrected chi connectivity index (χ4v) is 4.65. The highest BCUT2D eigenvalue weighted by molar-refractivity contribution is 5.98. The molecule has 0 heterocycles. The number of carbonyl (C=O) groups is 3. The molecule has 0 aliphatic heterocycles. The normalized spacial score (nSPS) is 11.2. The van der Waals surface area contributed by atoms with Crippen molar-refractivity contribution in [2.24, 2.45) is 5.92 Å². The molecule has 3 rings (SSSR count). The molecule has 3 aromatic rings. The number of ketones is 1. The zero-order valence-corrected chi connectivity index (χ0v) is 25.6. The molecule has 5 heteroatoms. The minimum atomic E-state index is -0.966. The fourth-order valence-electron chi connectivity index (χ4n) is 4.65. The number of benzene rings is 3. The van der Waals surface area contributed by atoms with Gasteiger partial charge in [0.25, 0.3) is 0 Å². The van der Waals surface area contributed by atoms with Crippen LogP contribution in [0.25, 0.3) is 11.1 Å². The number of carbonyl (C=O) groups excluding carboxylic acids is 2. The lowest BCUT2D eigenvalue weighted by Gasteiger charge is -2.10. The molecule has 0 aliphatic rings. The van der Waals surface area contributed by atoms with Crippen LogP contribution in [0.3, 0.4) is 0 Å². The Morgan fingerprint density at radius 2 is 1.17 bits per heavy atom. The predicted octanol–water partition coefficient (Wildman–Crippen LogP) is 10.2. The van der Waals surface area contributed by atoms with E-state index in [-0.39, 0.29) is 23.2 Å². The minimum Gasteiger partial charge on any atom is -0.478 e. The van der Waals surface area contributed by atoms with Crippen LogP contribution in [0.1, 0.15) is 119 Å². The Morgan fingerprint density at radius 1 is 0.643 bits per heavy atom. The van der Waals surface area contributed by atoms with Gasteiger partial charge in [-0.2, -0.15) is 0 Å². The second kappa shape index (κ2) is 20.2. The number of carboxylic acids is 1. The number of ether oxygens (including phenoxy) is 1. The lowest BCUT2D eigenvalue weighted by Crippen LogP contribution is -2.11. The molecular weight excluding hydrogens is 524 g/mol. The summed E-state index contributed by atoms with van der Waals surface area (Å²) in [7, 11) is 0. The third kappa shape index (κ3) is 13.3. The maximum Gasteiger partial charge on any atom is 0.335 e. The van der Waals surface area contributed by atoms with Crippen LogP contribution >= 0.6 is 0 Å². The van der Waals surface area contributed by atoms with Crippen LogP contribution in [0, 0.1) is 5.92 Å². The van der Waals surface area contributed by atoms with Crippen molar-refractivity contribution in [2.75, 3.05) is 0 Å². The molecule has 0 saturated heterocycles. The quantitative estimate of drug-likeness (QED) is 0.0753. The van der Waals surface area contributed by atoms with Crippen molar-refractivity contribution in [3.63, 3.8) is 0 Å². The van der Waals surface area contributed by atoms with Crippen molar-refractivity contribution in [1.29, 1.82) is 0 Å². The van der Waals surface area contributed by atoms with E-state index in [0.717, 1.165) is 36.8 Å². The fraction of sp³-hybridized carbons (Fsp3) is 0.432. The second-order valence-corrected chi connectivity index (χ2v) is 10.9. The number of aromatic carboxylic acids is 1. The van der Waals surface area contributed by atoms with Gasteiger partial charge in [-0.05, 0) is 48.2 Å². The Morgan fingerprint density at radius 3 is 1.76 bits per heavy atom. The van der Waals surface area contributed by atoms with Crippen molar-refractivity contribution in [2.45, 2.75) is 97.8 Å². The van der Waals surface area contributed by atoms with E-state index < -0.39 is 5.97 Å². The topological polar surface area (TPSA) is 80.7 Å². The standard InChI is InChI=1S/C21H26O2.C16H22O3/c1-2-3-4-5-6-10-13-21(22)23-20-16-14-19(15-17-20)18-11-8-7-9-12-18;1-3-4-5-6-7-12(2)15(17)13-8-10-14(11-9-13)16(18)19/h7-9,11-12,14-17H,2-6,10,13H2,1H3;8-12H,3-7H2,1-2H3,(H,18,19). The van der Waals surface area contributed by atoms with Gasteiger partial charge in [-0.1, -0.05) is 133 Å². The van der Waals surface area contributed by atoms with Crippen LogP contribution in [0.4, 0.5) is 0 Å². The van der Waals surface area contributed by atoms with Gasteiger partial charge in [-0.15, -0.1) is 0 Å². The van der Waals surface area contributed by atoms with Crippen LogP contribution < -0.4 is 4.74 Å². The predicted molar refractivity (Wildman–Crippen MR) is 171 cm³/mol. The molecule has 0 saturated carbocycles. The van der Waals surface area contributed by atoms with Crippen molar-refractivity contribution in [3.05, 3.63) is 90.0 Å². The lowest BCUT2D eigenvalue weighted by molar-refractivity contribution is -0.134. The first-order chi connectivity index (χ1) is 20.3. The molecule has 0 amide bonds. The SMILES string of the molecule is CCCCCCC(C)C(=O)c1ccc(C(=O)O)cc1.CCCCCCCCC(=O)Oc1ccc(-c2ccccc2)cc1. The molecule has 1 unspecified atom stereocenters. The van der Waals surface area contributed by atoms with Gasteiger partial charge < -0.3 is 9.84 Å². The van der Waals surface area contributed by atoms with Crippen LogP contribution in [0.5, 0.6) is 5.75 Å². The third-order valence-electron chi connectivity index (χ3n) is 7.28. The molecule has 5 nitrogen and oxygen atoms in total. The molecular formula is C37H48O5. The van der Waals surface area contributed by atoms with E-state index in [9.17, 15) is 14.4 Å². The molecule has 0 aromatic heterocycles. The van der Waals surface area contributed by atoms with Gasteiger partial charge in [0.1, 0.15) is 5.75 Å². The van der Waals surface area contributed by atoms with Gasteiger partial charge in [-0.25, -0.2) is 4.79 Å². The molecule has 3 aromatic carbocycles. The van der Waals surface area contributed by atoms with Gasteiger partial charge in [0, 0.05) is 17.9 Å². The summed E-state index contributed by atoms with van der Waals surface area (Å²) in [5.41, 5.74) is 3.11. The zero-order chi connectivity index (χ0) is 30.6. The van der Waals surface area contributed by atoms with E-state index in [0.29, 0.717) is 17.7 Å². The van der Waals surface area contributed by atoms with Gasteiger partial charge in [-0.3, -0.25) is 9.59 Å². The van der Waals surface area contributed by atoms with E-state index in [1.807, 2.05) is 49.4 Å². The number of rotatable bonds is 17. The maximum atomic E-state index is 12.1. The number of Topliss-reactive ketones (excluding diaryl/α,β-unsaturated/α-hetero) is 1. The van der Waals surface area contributed by atoms with E-state index in [4.69, 9.17) is 9.84 Å². The minimum absolute atomic E-state index is 0.00698. The maximum absolute atomic E-state index is 12.1. The van der Waals surface area contributed by atoms with E-state index in [2.05, 4.69) is 26.0 Å². The Labute approximate surface area is 252 Å². The Bertz CT molecular complexity index is 1180. The number of hydrogen-bond donors (Lipinski definition) is 1. The molecule has 1 atom stereocenters. The summed E-state index contributed by atoms with van der Waals surface area (Å²) in [5, 5.41) is 8.81. The molecule has 226 valence electrons. The van der Waals surface area contributed by atoms with Gasteiger partial charge >= 0.3 is 11.9 Å². The number of unbranched alkanes of at least 4 members (excludes halogenated alkanes) is 8. The average molecular weight is 573 g/mol. The number of carboxylic acid groups (broad SMARTS) is 1. The van der Waals surface area contributed by atoms with E-state index >= 15 is 0 Å². The molecule has 0 radical (unpaired) electrons. The summed E-state index contributed by atoms with van der Waals surface area (Å²) >= 11 is 0. The zero-order valence-electron chi connectivity index (χ0n) is 25.6. The highest BCUT2D eigenvalue weighted by Crippen LogP contribution is 2.22. The Hall–Kier alpha value is -3.73. The first-order valence-corrected chi connectivity index (χ1v) is 15.6. The van der Waals surface area contributed by atoms with Crippen LogP contribution in [-0.2, 0) is 4.79 Å². The second-order valence-electron chi connectivity index (χ2n) is 10.9. The van der Waals surface area contributed by atoms with Crippen molar-refractivity contribution in [1.82, 2.24) is 0 Å². The lowest BCUT2D eigenvalue weighted by atomic mass is 9.93. The highest BCUT2D eigenvalue weighted by Gasteiger charge is 2.15. The molecule has 0 spiro atoms. The smallest absolute Gasteiger partial charge is 0.335 e. The van der Waals surface area contributed by atoms with E-state index in [1.165, 1.54) is 57.1 Å². The van der Waals surface area contributed by atoms with E-state index in [1.54, 1.807) is 12.1 Å². The summed E-state index contributed by atoms with van der Waals surface area (Å²) in [5.74, 6) is -0.360. The molecule has 0 fully saturated rings. The summed E-state index contributed by atoms with van der Waals surface area (Å²) in [4.78, 5) is 34.7. The first kappa shape index (κ1) is 34.5. The number of esters is 1. The molecule has 1 N–H and O–H groups in total. The summed E-state index contributed by atoms with van der Waals surface area (Å²) in [6, 6.07) is 24.1. The summed E-state index contributed by atoms with van der Waals surface area (Å²) in [6.07, 6.45) is 13.1. The monoisotopic (exact) mass is 572 g/mol. The summed E-state index contributed by atoms with van der Waals surface area (Å²) in [6.45, 7) is 6.32. The first-order valence-electron chi connectivity index (χ1n) is 15.6. The van der Waals surface area contributed by atoms with Crippen molar-refractivity contribution in [3.8, 4) is 16.9 Å². The Balaban J connectivity index is 0.000000299. The van der Waals surface area contributed by atoms with Crippen LogP contribution in [0.2, 0.25) is 0 Å². The third-order valence-corrected chi connectivity index (χ3v) is 7.28.